The third-order valence-electron chi connectivity index (χ3n) is 6.07. The third-order valence-corrected chi connectivity index (χ3v) is 6.07. The van der Waals surface area contributed by atoms with Crippen LogP contribution in [0.5, 0.6) is 0 Å². The zero-order chi connectivity index (χ0) is 16.5. The van der Waals surface area contributed by atoms with Crippen molar-refractivity contribution in [2.75, 3.05) is 59.7 Å². The lowest BCUT2D eigenvalue weighted by Crippen LogP contribution is -2.34. The van der Waals surface area contributed by atoms with E-state index in [0.717, 1.165) is 44.8 Å². The van der Waals surface area contributed by atoms with Crippen molar-refractivity contribution in [3.8, 4) is 0 Å². The van der Waals surface area contributed by atoms with Crippen LogP contribution in [0.2, 0.25) is 0 Å². The average Bonchev–Trinajstić information content (AvgIpc) is 2.94. The van der Waals surface area contributed by atoms with Crippen LogP contribution < -0.4 is 0 Å². The van der Waals surface area contributed by atoms with Gasteiger partial charge < -0.3 is 14.4 Å². The van der Waals surface area contributed by atoms with Gasteiger partial charge in [0.1, 0.15) is 0 Å². The highest BCUT2D eigenvalue weighted by Gasteiger charge is 2.46. The van der Waals surface area contributed by atoms with Gasteiger partial charge in [-0.3, -0.25) is 4.90 Å². The van der Waals surface area contributed by atoms with Crippen molar-refractivity contribution in [1.82, 2.24) is 9.80 Å². The van der Waals surface area contributed by atoms with E-state index in [1.54, 1.807) is 0 Å². The molecule has 0 N–H and O–H groups in total. The fourth-order valence-electron chi connectivity index (χ4n) is 5.02. The van der Waals surface area contributed by atoms with Crippen molar-refractivity contribution >= 4 is 0 Å². The van der Waals surface area contributed by atoms with Crippen LogP contribution in [0.1, 0.15) is 17.2 Å². The molecule has 0 unspecified atom stereocenters. The second-order valence-electron chi connectivity index (χ2n) is 7.90. The molecule has 0 amide bonds. The van der Waals surface area contributed by atoms with Gasteiger partial charge in [-0.2, -0.15) is 0 Å². The summed E-state index contributed by atoms with van der Waals surface area (Å²) in [5, 5.41) is 0. The summed E-state index contributed by atoms with van der Waals surface area (Å²) < 4.78 is 11.3. The normalized spacial score (nSPS) is 32.8. The Morgan fingerprint density at radius 3 is 2.54 bits per heavy atom. The molecule has 4 nitrogen and oxygen atoms in total. The van der Waals surface area contributed by atoms with E-state index in [2.05, 4.69) is 48.0 Å². The highest BCUT2D eigenvalue weighted by molar-refractivity contribution is 5.31. The van der Waals surface area contributed by atoms with Crippen LogP contribution in [0.15, 0.2) is 24.3 Å². The Balaban J connectivity index is 1.44. The van der Waals surface area contributed by atoms with E-state index in [1.165, 1.54) is 30.8 Å². The van der Waals surface area contributed by atoms with Gasteiger partial charge in [0.05, 0.1) is 26.4 Å². The van der Waals surface area contributed by atoms with Gasteiger partial charge in [0, 0.05) is 38.1 Å². The number of fused-ring (bicyclic) bond motifs is 1. The number of ether oxygens (including phenoxy) is 2. The Hall–Kier alpha value is -0.940. The first kappa shape index (κ1) is 16.5. The number of rotatable bonds is 3. The maximum Gasteiger partial charge on any atom is 0.0700 e. The third kappa shape index (κ3) is 3.25. The second kappa shape index (κ2) is 7.12. The monoisotopic (exact) mass is 330 g/mol. The molecule has 3 saturated heterocycles. The molecule has 3 atom stereocenters. The predicted octanol–water partition coefficient (Wildman–Crippen LogP) is 2.19. The molecule has 0 aromatic heterocycles. The van der Waals surface area contributed by atoms with Gasteiger partial charge in [-0.25, -0.2) is 0 Å². The lowest BCUT2D eigenvalue weighted by atomic mass is 9.88. The molecule has 3 fully saturated rings. The van der Waals surface area contributed by atoms with Crippen molar-refractivity contribution in [3.05, 3.63) is 35.4 Å². The van der Waals surface area contributed by atoms with Crippen LogP contribution in [0, 0.1) is 24.7 Å². The van der Waals surface area contributed by atoms with Gasteiger partial charge in [0.2, 0.25) is 0 Å². The molecule has 24 heavy (non-hydrogen) atoms. The molecule has 3 heterocycles. The number of hydrogen-bond donors (Lipinski definition) is 0. The molecular formula is C20H30N2O2. The molecule has 3 aliphatic heterocycles. The van der Waals surface area contributed by atoms with Crippen molar-refractivity contribution in [3.63, 3.8) is 0 Å². The van der Waals surface area contributed by atoms with Crippen LogP contribution >= 0.6 is 0 Å². The fourth-order valence-corrected chi connectivity index (χ4v) is 5.02. The Kier molecular flexibility index (Phi) is 4.90. The molecule has 1 aromatic carbocycles. The van der Waals surface area contributed by atoms with Crippen LogP contribution in [-0.2, 0) is 9.47 Å². The number of hydrogen-bond acceptors (Lipinski definition) is 4. The molecule has 4 rings (SSSR count). The minimum Gasteiger partial charge on any atom is -0.379 e. The number of aryl methyl sites for hydroxylation is 1. The van der Waals surface area contributed by atoms with Gasteiger partial charge >= 0.3 is 0 Å². The van der Waals surface area contributed by atoms with Gasteiger partial charge in [0.25, 0.3) is 0 Å². The summed E-state index contributed by atoms with van der Waals surface area (Å²) in [5.74, 6) is 2.08. The first-order valence-corrected chi connectivity index (χ1v) is 9.36. The van der Waals surface area contributed by atoms with E-state index in [0.29, 0.717) is 12.0 Å². The van der Waals surface area contributed by atoms with Crippen molar-refractivity contribution in [2.45, 2.75) is 13.0 Å². The van der Waals surface area contributed by atoms with E-state index < -0.39 is 0 Å². The Morgan fingerprint density at radius 2 is 1.79 bits per heavy atom. The predicted molar refractivity (Wildman–Crippen MR) is 95.1 cm³/mol. The quantitative estimate of drug-likeness (QED) is 0.848. The van der Waals surface area contributed by atoms with Crippen LogP contribution in [0.4, 0.5) is 0 Å². The van der Waals surface area contributed by atoms with E-state index in [9.17, 15) is 0 Å². The zero-order valence-electron chi connectivity index (χ0n) is 15.0. The first-order valence-electron chi connectivity index (χ1n) is 9.36. The van der Waals surface area contributed by atoms with E-state index >= 15 is 0 Å². The van der Waals surface area contributed by atoms with Crippen molar-refractivity contribution < 1.29 is 9.47 Å². The molecule has 0 saturated carbocycles. The molecule has 3 aliphatic rings. The molecule has 0 spiro atoms. The average molecular weight is 330 g/mol. The summed E-state index contributed by atoms with van der Waals surface area (Å²) in [5.41, 5.74) is 2.95. The van der Waals surface area contributed by atoms with E-state index in [-0.39, 0.29) is 0 Å². The largest absolute Gasteiger partial charge is 0.379 e. The summed E-state index contributed by atoms with van der Waals surface area (Å²) in [6.45, 7) is 10.3. The lowest BCUT2D eigenvalue weighted by molar-refractivity contribution is 0.103. The molecule has 0 aliphatic carbocycles. The minimum absolute atomic E-state index is 0.529. The smallest absolute Gasteiger partial charge is 0.0700 e. The second-order valence-corrected chi connectivity index (χ2v) is 7.90. The summed E-state index contributed by atoms with van der Waals surface area (Å²) >= 11 is 0. The van der Waals surface area contributed by atoms with Crippen LogP contribution in [0.3, 0.4) is 0 Å². The van der Waals surface area contributed by atoms with Crippen LogP contribution in [-0.4, -0.2) is 69.5 Å². The molecule has 0 radical (unpaired) electrons. The fraction of sp³-hybridized carbons (Fsp3) is 0.700. The van der Waals surface area contributed by atoms with E-state index in [1.807, 2.05) is 0 Å². The topological polar surface area (TPSA) is 24.9 Å². The Morgan fingerprint density at radius 1 is 1.04 bits per heavy atom. The minimum atomic E-state index is 0.529. The lowest BCUT2D eigenvalue weighted by Gasteiger charge is -2.29. The maximum atomic E-state index is 5.67. The molecule has 0 bridgehead atoms. The molecular weight excluding hydrogens is 300 g/mol. The summed E-state index contributed by atoms with van der Waals surface area (Å²) in [6, 6.07) is 9.50. The Bertz CT molecular complexity index is 556. The number of likely N-dealkylation sites (tertiary alicyclic amines) is 2. The van der Waals surface area contributed by atoms with Gasteiger partial charge in [-0.05, 0) is 36.9 Å². The highest BCUT2D eigenvalue weighted by atomic mass is 16.5. The molecule has 132 valence electrons. The summed E-state index contributed by atoms with van der Waals surface area (Å²) in [7, 11) is 2.30. The number of benzene rings is 1. The van der Waals surface area contributed by atoms with Gasteiger partial charge in [-0.1, -0.05) is 24.3 Å². The highest BCUT2D eigenvalue weighted by Crippen LogP contribution is 2.44. The van der Waals surface area contributed by atoms with E-state index in [4.69, 9.17) is 9.47 Å². The summed E-state index contributed by atoms with van der Waals surface area (Å²) in [6.07, 6.45) is 0. The van der Waals surface area contributed by atoms with Crippen LogP contribution in [0.25, 0.3) is 0 Å². The first-order chi connectivity index (χ1) is 11.7. The summed E-state index contributed by atoms with van der Waals surface area (Å²) in [4.78, 5) is 5.24. The molecule has 4 heteroatoms. The zero-order valence-corrected chi connectivity index (χ0v) is 15.0. The standard InChI is InChI=1S/C20H30N2O2/c1-15-5-3-4-6-18(15)20-19-12-22(11-17(19)10-21(20)2)9-16-13-23-7-8-24-14-16/h3-6,16-17,19-20H,7-14H2,1-2H3/t17-,19+,20+/m0/s1. The van der Waals surface area contributed by atoms with Crippen molar-refractivity contribution in [2.24, 2.45) is 17.8 Å². The van der Waals surface area contributed by atoms with Gasteiger partial charge in [-0.15, -0.1) is 0 Å². The van der Waals surface area contributed by atoms with Crippen molar-refractivity contribution in [1.29, 1.82) is 0 Å². The SMILES string of the molecule is Cc1ccccc1[C@@H]1[C@@H]2CN(CC3COCCOC3)C[C@@H]2CN1C. The maximum absolute atomic E-state index is 5.67. The molecule has 1 aromatic rings. The van der Waals surface area contributed by atoms with Gasteiger partial charge in [0.15, 0.2) is 0 Å². The number of nitrogens with zero attached hydrogens (tertiary/aromatic N) is 2. The Labute approximate surface area is 145 Å².